The number of amides is 1. The summed E-state index contributed by atoms with van der Waals surface area (Å²) in [5, 5.41) is 2.90. The van der Waals surface area contributed by atoms with Gasteiger partial charge in [-0.2, -0.15) is 0 Å². The number of carbonyl (C=O) groups is 1. The van der Waals surface area contributed by atoms with E-state index in [0.717, 1.165) is 18.5 Å². The lowest BCUT2D eigenvalue weighted by Gasteiger charge is -2.20. The van der Waals surface area contributed by atoms with Crippen LogP contribution in [0.15, 0.2) is 30.3 Å². The van der Waals surface area contributed by atoms with Crippen LogP contribution in [0.3, 0.4) is 0 Å². The highest BCUT2D eigenvalue weighted by Crippen LogP contribution is 1.97. The van der Waals surface area contributed by atoms with Crippen molar-refractivity contribution >= 4 is 23.1 Å². The Hall–Kier alpha value is -1.46. The monoisotopic (exact) mass is 279 g/mol. The molecule has 0 aliphatic heterocycles. The first kappa shape index (κ1) is 15.6. The Morgan fingerprint density at radius 2 is 2.00 bits per heavy atom. The fourth-order valence-corrected chi connectivity index (χ4v) is 1.99. The average molecular weight is 279 g/mol. The minimum absolute atomic E-state index is 0.00597. The highest BCUT2D eigenvalue weighted by atomic mass is 32.1. The summed E-state index contributed by atoms with van der Waals surface area (Å²) in [6.45, 7) is 4.25. The number of carbonyl (C=O) groups excluding carboxylic acids is 1. The maximum Gasteiger partial charge on any atom is 0.234 e. The zero-order valence-electron chi connectivity index (χ0n) is 11.3. The number of hydrogen-bond acceptors (Lipinski definition) is 3. The van der Waals surface area contributed by atoms with Gasteiger partial charge in [0.15, 0.2) is 0 Å². The van der Waals surface area contributed by atoms with Gasteiger partial charge in [-0.15, -0.1) is 0 Å². The van der Waals surface area contributed by atoms with E-state index in [1.807, 2.05) is 35.2 Å². The fourth-order valence-electron chi connectivity index (χ4n) is 1.81. The van der Waals surface area contributed by atoms with Gasteiger partial charge in [-0.25, -0.2) is 0 Å². The third-order valence-corrected chi connectivity index (χ3v) is 2.75. The first-order valence-electron chi connectivity index (χ1n) is 6.43. The van der Waals surface area contributed by atoms with Crippen molar-refractivity contribution in [3.05, 3.63) is 35.9 Å². The van der Waals surface area contributed by atoms with E-state index >= 15 is 0 Å². The van der Waals surface area contributed by atoms with E-state index in [-0.39, 0.29) is 5.91 Å². The molecule has 0 aromatic heterocycles. The molecule has 5 heteroatoms. The molecule has 0 aliphatic rings. The van der Waals surface area contributed by atoms with Crippen molar-refractivity contribution in [2.45, 2.75) is 19.9 Å². The second-order valence-electron chi connectivity index (χ2n) is 4.44. The second kappa shape index (κ2) is 8.61. The first-order chi connectivity index (χ1) is 9.11. The molecule has 0 spiro atoms. The zero-order valence-corrected chi connectivity index (χ0v) is 12.1. The molecule has 1 amide bonds. The average Bonchev–Trinajstić information content (AvgIpc) is 2.37. The van der Waals surface area contributed by atoms with Crippen molar-refractivity contribution < 1.29 is 4.79 Å². The summed E-state index contributed by atoms with van der Waals surface area (Å²) in [6.07, 6.45) is 0.967. The Kier molecular flexibility index (Phi) is 7.07. The van der Waals surface area contributed by atoms with Crippen molar-refractivity contribution in [3.63, 3.8) is 0 Å². The molecule has 0 aliphatic carbocycles. The molecule has 0 unspecified atom stereocenters. The van der Waals surface area contributed by atoms with Crippen LogP contribution in [0.5, 0.6) is 0 Å². The van der Waals surface area contributed by atoms with E-state index in [4.69, 9.17) is 18.0 Å². The van der Waals surface area contributed by atoms with Gasteiger partial charge < -0.3 is 11.1 Å². The molecule has 0 bridgehead atoms. The van der Waals surface area contributed by atoms with Crippen molar-refractivity contribution in [2.24, 2.45) is 5.73 Å². The van der Waals surface area contributed by atoms with Crippen molar-refractivity contribution in [1.29, 1.82) is 0 Å². The van der Waals surface area contributed by atoms with Crippen molar-refractivity contribution in [2.75, 3.05) is 19.6 Å². The molecule has 0 radical (unpaired) electrons. The Bertz CT molecular complexity index is 408. The number of benzene rings is 1. The molecule has 1 rings (SSSR count). The Labute approximate surface area is 120 Å². The van der Waals surface area contributed by atoms with Crippen molar-refractivity contribution in [3.8, 4) is 0 Å². The number of nitrogens with zero attached hydrogens (tertiary/aromatic N) is 1. The van der Waals surface area contributed by atoms with Crippen molar-refractivity contribution in [1.82, 2.24) is 10.2 Å². The third kappa shape index (κ3) is 6.88. The number of rotatable bonds is 8. The molecule has 0 heterocycles. The highest BCUT2D eigenvalue weighted by Gasteiger charge is 2.10. The first-order valence-corrected chi connectivity index (χ1v) is 6.84. The molecule has 19 heavy (non-hydrogen) atoms. The van der Waals surface area contributed by atoms with Crippen LogP contribution in [-0.2, 0) is 11.3 Å². The number of hydrogen-bond donors (Lipinski definition) is 2. The normalized spacial score (nSPS) is 10.4. The molecule has 4 nitrogen and oxygen atoms in total. The van der Waals surface area contributed by atoms with Gasteiger partial charge in [0.2, 0.25) is 5.91 Å². The largest absolute Gasteiger partial charge is 0.392 e. The van der Waals surface area contributed by atoms with Gasteiger partial charge in [-0.05, 0) is 18.5 Å². The summed E-state index contributed by atoms with van der Waals surface area (Å²) in [4.78, 5) is 14.2. The molecular formula is C14H21N3OS. The van der Waals surface area contributed by atoms with Crippen LogP contribution in [0.2, 0.25) is 0 Å². The maximum atomic E-state index is 11.8. The van der Waals surface area contributed by atoms with Gasteiger partial charge in [0.1, 0.15) is 0 Å². The molecule has 0 fully saturated rings. The highest BCUT2D eigenvalue weighted by molar-refractivity contribution is 7.80. The van der Waals surface area contributed by atoms with Gasteiger partial charge in [0.05, 0.1) is 11.5 Å². The van der Waals surface area contributed by atoms with Crippen LogP contribution >= 0.6 is 12.2 Å². The topological polar surface area (TPSA) is 58.4 Å². The lowest BCUT2D eigenvalue weighted by molar-refractivity contribution is -0.122. The Morgan fingerprint density at radius 3 is 2.58 bits per heavy atom. The summed E-state index contributed by atoms with van der Waals surface area (Å²) in [6, 6.07) is 9.84. The predicted octanol–water partition coefficient (Wildman–Crippen LogP) is 1.30. The minimum atomic E-state index is -0.00597. The van der Waals surface area contributed by atoms with Crippen LogP contribution in [-0.4, -0.2) is 35.4 Å². The SMILES string of the molecule is CCCN(CC(=O)NCc1ccccc1)CC(N)=S. The third-order valence-electron chi connectivity index (χ3n) is 2.62. The molecule has 0 atom stereocenters. The Balaban J connectivity index is 2.37. The van der Waals surface area contributed by atoms with Gasteiger partial charge in [0, 0.05) is 13.1 Å². The fraction of sp³-hybridized carbons (Fsp3) is 0.429. The maximum absolute atomic E-state index is 11.8. The van der Waals surface area contributed by atoms with Crippen LogP contribution in [0.4, 0.5) is 0 Å². The predicted molar refractivity (Wildman–Crippen MR) is 81.8 cm³/mol. The van der Waals surface area contributed by atoms with Crippen LogP contribution in [0, 0.1) is 0 Å². The summed E-state index contributed by atoms with van der Waals surface area (Å²) in [5.41, 5.74) is 6.61. The molecule has 0 saturated carbocycles. The molecule has 1 aromatic rings. The molecule has 0 saturated heterocycles. The van der Waals surface area contributed by atoms with Crippen LogP contribution in [0.1, 0.15) is 18.9 Å². The van der Waals surface area contributed by atoms with Gasteiger partial charge in [-0.1, -0.05) is 49.5 Å². The summed E-state index contributed by atoms with van der Waals surface area (Å²) < 4.78 is 0. The van der Waals surface area contributed by atoms with Gasteiger partial charge in [0.25, 0.3) is 0 Å². The van der Waals surface area contributed by atoms with Crippen LogP contribution < -0.4 is 11.1 Å². The minimum Gasteiger partial charge on any atom is -0.392 e. The molecule has 1 aromatic carbocycles. The Morgan fingerprint density at radius 1 is 1.32 bits per heavy atom. The zero-order chi connectivity index (χ0) is 14.1. The smallest absolute Gasteiger partial charge is 0.234 e. The lowest BCUT2D eigenvalue weighted by atomic mass is 10.2. The lowest BCUT2D eigenvalue weighted by Crippen LogP contribution is -2.41. The van der Waals surface area contributed by atoms with Crippen LogP contribution in [0.25, 0.3) is 0 Å². The van der Waals surface area contributed by atoms with E-state index in [2.05, 4.69) is 12.2 Å². The molecule has 3 N–H and O–H groups in total. The summed E-state index contributed by atoms with van der Waals surface area (Å²) in [7, 11) is 0. The van der Waals surface area contributed by atoms with Gasteiger partial charge >= 0.3 is 0 Å². The number of nitrogens with two attached hydrogens (primary N) is 1. The van der Waals surface area contributed by atoms with E-state index in [9.17, 15) is 4.79 Å². The van der Waals surface area contributed by atoms with E-state index < -0.39 is 0 Å². The second-order valence-corrected chi connectivity index (χ2v) is 4.96. The summed E-state index contributed by atoms with van der Waals surface area (Å²) in [5.74, 6) is -0.00597. The van der Waals surface area contributed by atoms with E-state index in [0.29, 0.717) is 24.6 Å². The standard InChI is InChI=1S/C14H21N3OS/c1-2-8-17(10-13(15)19)11-14(18)16-9-12-6-4-3-5-7-12/h3-7H,2,8-11H2,1H3,(H2,15,19)(H,16,18). The van der Waals surface area contributed by atoms with Gasteiger partial charge in [-0.3, -0.25) is 9.69 Å². The summed E-state index contributed by atoms with van der Waals surface area (Å²) >= 11 is 4.88. The van der Waals surface area contributed by atoms with E-state index in [1.165, 1.54) is 0 Å². The quantitative estimate of drug-likeness (QED) is 0.704. The number of nitrogens with one attached hydrogen (secondary N) is 1. The molecule has 104 valence electrons. The molecular weight excluding hydrogens is 258 g/mol. The number of thiocarbonyl (C=S) groups is 1. The van der Waals surface area contributed by atoms with E-state index in [1.54, 1.807) is 0 Å².